The van der Waals surface area contributed by atoms with E-state index in [0.717, 1.165) is 22.8 Å². The van der Waals surface area contributed by atoms with Gasteiger partial charge in [-0.05, 0) is 5.56 Å². The molecule has 6 nitrogen and oxygen atoms in total. The first-order valence-electron chi connectivity index (χ1n) is 8.89. The van der Waals surface area contributed by atoms with Gasteiger partial charge in [0.15, 0.2) is 9.84 Å². The van der Waals surface area contributed by atoms with Crippen LogP contribution in [0.1, 0.15) is 26.6 Å². The van der Waals surface area contributed by atoms with Gasteiger partial charge >= 0.3 is 0 Å². The van der Waals surface area contributed by atoms with E-state index in [9.17, 15) is 13.2 Å². The van der Waals surface area contributed by atoms with Crippen molar-refractivity contribution in [2.45, 2.75) is 32.7 Å². The Balaban J connectivity index is 2.27. The molecule has 0 aliphatic carbocycles. The fraction of sp³-hybridized carbons (Fsp3) is 0.286. The Labute approximate surface area is 164 Å². The van der Waals surface area contributed by atoms with E-state index in [1.807, 2.05) is 51.1 Å². The normalized spacial score (nSPS) is 12.7. The van der Waals surface area contributed by atoms with Crippen molar-refractivity contribution in [2.75, 3.05) is 6.26 Å². The van der Waals surface area contributed by atoms with E-state index in [1.165, 1.54) is 10.6 Å². The topological polar surface area (TPSA) is 81.9 Å². The second-order valence-corrected chi connectivity index (χ2v) is 9.70. The molecule has 3 rings (SSSR count). The van der Waals surface area contributed by atoms with Crippen LogP contribution in [0.15, 0.2) is 59.0 Å². The number of aromatic nitrogens is 3. The summed E-state index contributed by atoms with van der Waals surface area (Å²) in [4.78, 5) is 22.0. The molecule has 0 saturated carbocycles. The van der Waals surface area contributed by atoms with Crippen LogP contribution in [0, 0.1) is 0 Å². The van der Waals surface area contributed by atoms with Crippen LogP contribution in [0.25, 0.3) is 22.0 Å². The van der Waals surface area contributed by atoms with Gasteiger partial charge in [0.05, 0.1) is 10.9 Å². The Bertz CT molecular complexity index is 1210. The number of benzene rings is 1. The molecule has 28 heavy (non-hydrogen) atoms. The summed E-state index contributed by atoms with van der Waals surface area (Å²) in [7, 11) is -3.25. The lowest BCUT2D eigenvalue weighted by molar-refractivity contribution is 0.548. The number of rotatable bonds is 4. The van der Waals surface area contributed by atoms with Crippen LogP contribution in [-0.4, -0.2) is 29.2 Å². The SMILES string of the molecule is CC(C)(C)c1ncc2c(=O)n(C/C=C/S(C)(=O)=O)cc(-c3ccccc3)c2n1. The van der Waals surface area contributed by atoms with E-state index >= 15 is 0 Å². The molecule has 0 bridgehead atoms. The number of fused-ring (bicyclic) bond motifs is 1. The first-order chi connectivity index (χ1) is 13.1. The van der Waals surface area contributed by atoms with E-state index in [1.54, 1.807) is 12.4 Å². The van der Waals surface area contributed by atoms with Gasteiger partial charge in [-0.15, -0.1) is 0 Å². The van der Waals surface area contributed by atoms with Crippen molar-refractivity contribution >= 4 is 20.7 Å². The number of allylic oxidation sites excluding steroid dienone is 1. The highest BCUT2D eigenvalue weighted by Crippen LogP contribution is 2.27. The van der Waals surface area contributed by atoms with E-state index in [2.05, 4.69) is 4.98 Å². The summed E-state index contributed by atoms with van der Waals surface area (Å²) in [6, 6.07) is 9.67. The number of sulfone groups is 1. The molecule has 7 heteroatoms. The van der Waals surface area contributed by atoms with Gasteiger partial charge in [-0.25, -0.2) is 18.4 Å². The molecule has 0 radical (unpaired) electrons. The molecule has 1 aromatic carbocycles. The molecule has 0 saturated heterocycles. The number of nitrogens with zero attached hydrogens (tertiary/aromatic N) is 3. The minimum absolute atomic E-state index is 0.142. The van der Waals surface area contributed by atoms with Crippen LogP contribution in [0.2, 0.25) is 0 Å². The molecule has 0 aliphatic heterocycles. The molecule has 0 spiro atoms. The zero-order valence-electron chi connectivity index (χ0n) is 16.4. The fourth-order valence-corrected chi connectivity index (χ4v) is 3.27. The maximum Gasteiger partial charge on any atom is 0.261 e. The number of pyridine rings is 1. The summed E-state index contributed by atoms with van der Waals surface area (Å²) < 4.78 is 24.2. The minimum atomic E-state index is -3.25. The molecule has 0 amide bonds. The second kappa shape index (κ2) is 7.31. The summed E-state index contributed by atoms with van der Waals surface area (Å²) in [6.07, 6.45) is 5.87. The van der Waals surface area contributed by atoms with Crippen molar-refractivity contribution in [1.82, 2.24) is 14.5 Å². The number of hydrogen-bond acceptors (Lipinski definition) is 5. The maximum absolute atomic E-state index is 12.9. The molecule has 0 unspecified atom stereocenters. The lowest BCUT2D eigenvalue weighted by Gasteiger charge is -2.18. The molecule has 0 aliphatic rings. The standard InChI is InChI=1S/C21H23N3O3S/c1-21(2,3)20-22-13-16-18(23-20)17(15-9-6-5-7-10-15)14-24(19(16)25)11-8-12-28(4,26)27/h5-10,12-14H,11H2,1-4H3/b12-8+. The van der Waals surface area contributed by atoms with Gasteiger partial charge in [0.25, 0.3) is 5.56 Å². The molecule has 0 atom stereocenters. The van der Waals surface area contributed by atoms with Gasteiger partial charge < -0.3 is 4.57 Å². The lowest BCUT2D eigenvalue weighted by Crippen LogP contribution is -2.22. The quantitative estimate of drug-likeness (QED) is 0.674. The van der Waals surface area contributed by atoms with Crippen LogP contribution in [0.3, 0.4) is 0 Å². The molecule has 2 aromatic heterocycles. The van der Waals surface area contributed by atoms with Crippen LogP contribution in [-0.2, 0) is 21.8 Å². The minimum Gasteiger partial charge on any atom is -0.310 e. The average molecular weight is 398 g/mol. The van der Waals surface area contributed by atoms with Gasteiger partial charge in [-0.2, -0.15) is 0 Å². The molecule has 0 N–H and O–H groups in total. The largest absolute Gasteiger partial charge is 0.310 e. The zero-order chi connectivity index (χ0) is 20.5. The third kappa shape index (κ3) is 4.36. The summed E-state index contributed by atoms with van der Waals surface area (Å²) in [5.41, 5.74) is 1.81. The Hall–Kier alpha value is -2.80. The monoisotopic (exact) mass is 397 g/mol. The Morgan fingerprint density at radius 3 is 2.43 bits per heavy atom. The van der Waals surface area contributed by atoms with Crippen LogP contribution < -0.4 is 5.56 Å². The first kappa shape index (κ1) is 19.9. The third-order valence-electron chi connectivity index (χ3n) is 4.22. The van der Waals surface area contributed by atoms with Gasteiger partial charge in [-0.3, -0.25) is 4.79 Å². The van der Waals surface area contributed by atoms with E-state index in [0.29, 0.717) is 16.7 Å². The van der Waals surface area contributed by atoms with E-state index < -0.39 is 9.84 Å². The highest BCUT2D eigenvalue weighted by molar-refractivity contribution is 7.93. The van der Waals surface area contributed by atoms with Gasteiger partial charge in [0.2, 0.25) is 0 Å². The fourth-order valence-electron chi connectivity index (χ4n) is 2.83. The third-order valence-corrected chi connectivity index (χ3v) is 4.91. The maximum atomic E-state index is 12.9. The van der Waals surface area contributed by atoms with Gasteiger partial charge in [0.1, 0.15) is 5.82 Å². The van der Waals surface area contributed by atoms with Crippen molar-refractivity contribution in [3.63, 3.8) is 0 Å². The Kier molecular flexibility index (Phi) is 5.21. The highest BCUT2D eigenvalue weighted by Gasteiger charge is 2.20. The lowest BCUT2D eigenvalue weighted by atomic mass is 9.95. The molecular weight excluding hydrogens is 374 g/mol. The summed E-state index contributed by atoms with van der Waals surface area (Å²) in [5.74, 6) is 0.659. The van der Waals surface area contributed by atoms with Gasteiger partial charge in [-0.1, -0.05) is 57.2 Å². The molecule has 2 heterocycles. The van der Waals surface area contributed by atoms with Crippen molar-refractivity contribution in [3.8, 4) is 11.1 Å². The number of hydrogen-bond donors (Lipinski definition) is 0. The predicted molar refractivity (Wildman–Crippen MR) is 112 cm³/mol. The van der Waals surface area contributed by atoms with E-state index in [-0.39, 0.29) is 17.5 Å². The molecular formula is C21H23N3O3S. The summed E-state index contributed by atoms with van der Waals surface area (Å²) in [6.45, 7) is 6.21. The van der Waals surface area contributed by atoms with Crippen LogP contribution >= 0.6 is 0 Å². The molecule has 146 valence electrons. The molecule has 3 aromatic rings. The molecule has 0 fully saturated rings. The highest BCUT2D eigenvalue weighted by atomic mass is 32.2. The summed E-state index contributed by atoms with van der Waals surface area (Å²) in [5, 5.41) is 1.51. The Morgan fingerprint density at radius 1 is 1.14 bits per heavy atom. The zero-order valence-corrected chi connectivity index (χ0v) is 17.2. The van der Waals surface area contributed by atoms with Crippen molar-refractivity contribution in [3.05, 3.63) is 70.4 Å². The van der Waals surface area contributed by atoms with Crippen molar-refractivity contribution in [1.29, 1.82) is 0 Å². The first-order valence-corrected chi connectivity index (χ1v) is 10.8. The average Bonchev–Trinajstić information content (AvgIpc) is 2.62. The summed E-state index contributed by atoms with van der Waals surface area (Å²) >= 11 is 0. The van der Waals surface area contributed by atoms with Crippen LogP contribution in [0.4, 0.5) is 0 Å². The van der Waals surface area contributed by atoms with Gasteiger partial charge in [0, 0.05) is 41.6 Å². The van der Waals surface area contributed by atoms with Crippen LogP contribution in [0.5, 0.6) is 0 Å². The van der Waals surface area contributed by atoms with Crippen molar-refractivity contribution < 1.29 is 8.42 Å². The Morgan fingerprint density at radius 2 is 1.82 bits per heavy atom. The second-order valence-electron chi connectivity index (χ2n) is 7.77. The van der Waals surface area contributed by atoms with Crippen molar-refractivity contribution in [2.24, 2.45) is 0 Å². The smallest absolute Gasteiger partial charge is 0.261 e. The predicted octanol–water partition coefficient (Wildman–Crippen LogP) is 3.31. The van der Waals surface area contributed by atoms with E-state index in [4.69, 9.17) is 4.98 Å².